The molecule has 1 aliphatic rings. The molecule has 1 fully saturated rings. The molecule has 1 saturated carbocycles. The van der Waals surface area contributed by atoms with E-state index in [9.17, 15) is 8.42 Å². The number of hydrogen-bond acceptors (Lipinski definition) is 3. The van der Waals surface area contributed by atoms with Gasteiger partial charge in [-0.2, -0.15) is 8.42 Å². The van der Waals surface area contributed by atoms with E-state index in [1.165, 1.54) is 0 Å². The molecule has 0 atom stereocenters. The van der Waals surface area contributed by atoms with Crippen molar-refractivity contribution >= 4 is 10.1 Å². The van der Waals surface area contributed by atoms with Gasteiger partial charge in [-0.05, 0) is 56.6 Å². The van der Waals surface area contributed by atoms with Crippen LogP contribution in [0.1, 0.15) is 37.7 Å². The fourth-order valence-corrected chi connectivity index (χ4v) is 3.70. The van der Waals surface area contributed by atoms with Crippen molar-refractivity contribution in [2.45, 2.75) is 43.9 Å². The Bertz CT molecular complexity index is 588. The first kappa shape index (κ1) is 16.1. The lowest BCUT2D eigenvalue weighted by atomic mass is 9.81. The average Bonchev–Trinajstić information content (AvgIpc) is 2.47. The molecule has 4 heteroatoms. The highest BCUT2D eigenvalue weighted by Crippen LogP contribution is 2.31. The number of benzene rings is 1. The molecule has 114 valence electrons. The van der Waals surface area contributed by atoms with Gasteiger partial charge in [0.2, 0.25) is 0 Å². The van der Waals surface area contributed by atoms with Crippen LogP contribution in [0.3, 0.4) is 0 Å². The number of aryl methyl sites for hydroxylation is 1. The Morgan fingerprint density at radius 3 is 2.29 bits per heavy atom. The Hall–Kier alpha value is -1.31. The lowest BCUT2D eigenvalue weighted by Gasteiger charge is -2.26. The maximum absolute atomic E-state index is 12.1. The molecular formula is C17H22O3S. The summed E-state index contributed by atoms with van der Waals surface area (Å²) in [5.41, 5.74) is 1.03. The van der Waals surface area contributed by atoms with E-state index in [1.807, 2.05) is 6.92 Å². The van der Waals surface area contributed by atoms with Gasteiger partial charge in [0, 0.05) is 6.42 Å². The SMILES string of the molecule is C#CC[C@H]1CC[C@H](COS(=O)(=O)c2ccc(C)cc2)CC1. The molecule has 2 rings (SSSR count). The van der Waals surface area contributed by atoms with Crippen LogP contribution in [0.15, 0.2) is 29.2 Å². The maximum atomic E-state index is 12.1. The molecule has 0 aliphatic heterocycles. The van der Waals surface area contributed by atoms with Crippen molar-refractivity contribution in [1.82, 2.24) is 0 Å². The van der Waals surface area contributed by atoms with Crippen molar-refractivity contribution in [2.24, 2.45) is 11.8 Å². The second-order valence-corrected chi connectivity index (χ2v) is 7.46. The van der Waals surface area contributed by atoms with Crippen molar-refractivity contribution in [3.8, 4) is 12.3 Å². The third kappa shape index (κ3) is 4.59. The van der Waals surface area contributed by atoms with Crippen molar-refractivity contribution in [3.63, 3.8) is 0 Å². The predicted molar refractivity (Wildman–Crippen MR) is 83.2 cm³/mol. The maximum Gasteiger partial charge on any atom is 0.296 e. The van der Waals surface area contributed by atoms with Gasteiger partial charge in [0.25, 0.3) is 10.1 Å². The second-order valence-electron chi connectivity index (χ2n) is 5.85. The van der Waals surface area contributed by atoms with Crippen LogP contribution in [-0.2, 0) is 14.3 Å². The van der Waals surface area contributed by atoms with E-state index >= 15 is 0 Å². The van der Waals surface area contributed by atoms with Gasteiger partial charge < -0.3 is 0 Å². The van der Waals surface area contributed by atoms with E-state index in [2.05, 4.69) is 5.92 Å². The van der Waals surface area contributed by atoms with Crippen LogP contribution in [-0.4, -0.2) is 15.0 Å². The van der Waals surface area contributed by atoms with E-state index in [-0.39, 0.29) is 11.5 Å². The minimum absolute atomic E-state index is 0.231. The fraction of sp³-hybridized carbons (Fsp3) is 0.529. The summed E-state index contributed by atoms with van der Waals surface area (Å²) in [6.07, 6.45) is 10.3. The van der Waals surface area contributed by atoms with Crippen LogP contribution in [0, 0.1) is 31.1 Å². The van der Waals surface area contributed by atoms with Crippen LogP contribution in [0.25, 0.3) is 0 Å². The topological polar surface area (TPSA) is 43.4 Å². The van der Waals surface area contributed by atoms with Gasteiger partial charge in [0.15, 0.2) is 0 Å². The Kier molecular flexibility index (Phi) is 5.44. The molecule has 1 aliphatic carbocycles. The van der Waals surface area contributed by atoms with Gasteiger partial charge in [-0.1, -0.05) is 17.7 Å². The third-order valence-electron chi connectivity index (χ3n) is 4.14. The van der Waals surface area contributed by atoms with Crippen molar-refractivity contribution in [2.75, 3.05) is 6.61 Å². The van der Waals surface area contributed by atoms with E-state index in [4.69, 9.17) is 10.6 Å². The van der Waals surface area contributed by atoms with Crippen LogP contribution < -0.4 is 0 Å². The highest BCUT2D eigenvalue weighted by molar-refractivity contribution is 7.86. The average molecular weight is 306 g/mol. The molecule has 0 aromatic heterocycles. The first-order chi connectivity index (χ1) is 10.0. The summed E-state index contributed by atoms with van der Waals surface area (Å²) >= 11 is 0. The summed E-state index contributed by atoms with van der Waals surface area (Å²) in [7, 11) is -3.63. The molecular weight excluding hydrogens is 284 g/mol. The van der Waals surface area contributed by atoms with Crippen molar-refractivity contribution < 1.29 is 12.6 Å². The molecule has 0 spiro atoms. The Morgan fingerprint density at radius 2 is 1.71 bits per heavy atom. The van der Waals surface area contributed by atoms with Crippen molar-refractivity contribution in [1.29, 1.82) is 0 Å². The minimum atomic E-state index is -3.63. The number of rotatable bonds is 5. The van der Waals surface area contributed by atoms with Gasteiger partial charge in [0.05, 0.1) is 11.5 Å². The predicted octanol–water partition coefficient (Wildman–Crippen LogP) is 3.53. The summed E-state index contributed by atoms with van der Waals surface area (Å²) < 4.78 is 29.4. The van der Waals surface area contributed by atoms with Crippen molar-refractivity contribution in [3.05, 3.63) is 29.8 Å². The first-order valence-corrected chi connectivity index (χ1v) is 8.81. The molecule has 0 N–H and O–H groups in total. The molecule has 0 radical (unpaired) electrons. The largest absolute Gasteiger partial charge is 0.296 e. The first-order valence-electron chi connectivity index (χ1n) is 7.41. The summed E-state index contributed by atoms with van der Waals surface area (Å²) in [5, 5.41) is 0. The van der Waals surface area contributed by atoms with Crippen LogP contribution >= 0.6 is 0 Å². The quantitative estimate of drug-likeness (QED) is 0.617. The summed E-state index contributed by atoms with van der Waals surface area (Å²) in [6, 6.07) is 6.74. The van der Waals surface area contributed by atoms with Gasteiger partial charge in [-0.25, -0.2) is 0 Å². The summed E-state index contributed by atoms with van der Waals surface area (Å²) in [5.74, 6) is 3.62. The lowest BCUT2D eigenvalue weighted by molar-refractivity contribution is 0.188. The molecule has 1 aromatic carbocycles. The molecule has 0 bridgehead atoms. The highest BCUT2D eigenvalue weighted by atomic mass is 32.2. The molecule has 0 saturated heterocycles. The van der Waals surface area contributed by atoms with Crippen LogP contribution in [0.2, 0.25) is 0 Å². The minimum Gasteiger partial charge on any atom is -0.266 e. The zero-order valence-corrected chi connectivity index (χ0v) is 13.2. The Morgan fingerprint density at radius 1 is 1.14 bits per heavy atom. The second kappa shape index (κ2) is 7.11. The molecule has 21 heavy (non-hydrogen) atoms. The monoisotopic (exact) mass is 306 g/mol. The van der Waals surface area contributed by atoms with Gasteiger partial charge in [-0.15, -0.1) is 12.3 Å². The van der Waals surface area contributed by atoms with E-state index in [0.29, 0.717) is 11.8 Å². The third-order valence-corrected chi connectivity index (χ3v) is 5.44. The summed E-state index contributed by atoms with van der Waals surface area (Å²) in [4.78, 5) is 0.231. The molecule has 0 unspecified atom stereocenters. The molecule has 3 nitrogen and oxygen atoms in total. The zero-order valence-electron chi connectivity index (χ0n) is 12.4. The fourth-order valence-electron chi connectivity index (χ4n) is 2.73. The van der Waals surface area contributed by atoms with Gasteiger partial charge in [0.1, 0.15) is 0 Å². The van der Waals surface area contributed by atoms with E-state index in [0.717, 1.165) is 37.7 Å². The highest BCUT2D eigenvalue weighted by Gasteiger charge is 2.23. The van der Waals surface area contributed by atoms with E-state index < -0.39 is 10.1 Å². The van der Waals surface area contributed by atoms with Crippen LogP contribution in [0.4, 0.5) is 0 Å². The zero-order chi connectivity index (χ0) is 15.3. The Labute approximate surface area is 127 Å². The normalized spacial score (nSPS) is 22.7. The number of hydrogen-bond donors (Lipinski definition) is 0. The standard InChI is InChI=1S/C17H22O3S/c1-3-4-15-7-9-16(10-8-15)13-20-21(18,19)17-11-5-14(2)6-12-17/h1,5-6,11-12,15-16H,4,7-10,13H2,2H3/t15-,16-. The van der Waals surface area contributed by atoms with Crippen LogP contribution in [0.5, 0.6) is 0 Å². The van der Waals surface area contributed by atoms with Gasteiger partial charge in [-0.3, -0.25) is 4.18 Å². The van der Waals surface area contributed by atoms with Gasteiger partial charge >= 0.3 is 0 Å². The summed E-state index contributed by atoms with van der Waals surface area (Å²) in [6.45, 7) is 2.20. The molecule has 0 amide bonds. The number of terminal acetylenes is 1. The smallest absolute Gasteiger partial charge is 0.266 e. The molecule has 1 aromatic rings. The molecule has 0 heterocycles. The Balaban J connectivity index is 1.86. The lowest BCUT2D eigenvalue weighted by Crippen LogP contribution is -2.20. The van der Waals surface area contributed by atoms with E-state index in [1.54, 1.807) is 24.3 Å².